The lowest BCUT2D eigenvalue weighted by Gasteiger charge is -2.15. The molecule has 4 heteroatoms. The van der Waals surface area contributed by atoms with Crippen LogP contribution in [0.3, 0.4) is 0 Å². The van der Waals surface area contributed by atoms with Crippen LogP contribution in [-0.2, 0) is 4.79 Å². The molecule has 1 unspecified atom stereocenters. The Kier molecular flexibility index (Phi) is 5.36. The van der Waals surface area contributed by atoms with Gasteiger partial charge < -0.3 is 10.4 Å². The maximum atomic E-state index is 12.1. The van der Waals surface area contributed by atoms with Gasteiger partial charge in [0.2, 0.25) is 0 Å². The topological polar surface area (TPSA) is 66.4 Å². The molecule has 0 saturated carbocycles. The van der Waals surface area contributed by atoms with Crippen molar-refractivity contribution >= 4 is 11.8 Å². The van der Waals surface area contributed by atoms with Crippen LogP contribution >= 0.6 is 0 Å². The van der Waals surface area contributed by atoms with Crippen molar-refractivity contribution in [3.8, 4) is 0 Å². The molecule has 0 aliphatic rings. The Morgan fingerprint density at radius 3 is 2.47 bits per heavy atom. The van der Waals surface area contributed by atoms with E-state index in [0.717, 1.165) is 6.42 Å². The third-order valence-corrected chi connectivity index (χ3v) is 2.39. The zero-order valence-electron chi connectivity index (χ0n) is 9.85. The van der Waals surface area contributed by atoms with Crippen molar-refractivity contribution in [1.29, 1.82) is 0 Å². The fourth-order valence-electron chi connectivity index (χ4n) is 1.55. The SMILES string of the molecule is CCCNC(CC(=O)O)C(=O)c1ccccc1. The molecule has 1 atom stereocenters. The molecule has 0 radical (unpaired) electrons. The lowest BCUT2D eigenvalue weighted by Crippen LogP contribution is -2.39. The van der Waals surface area contributed by atoms with E-state index in [2.05, 4.69) is 5.32 Å². The van der Waals surface area contributed by atoms with E-state index in [0.29, 0.717) is 12.1 Å². The van der Waals surface area contributed by atoms with E-state index in [1.54, 1.807) is 24.3 Å². The van der Waals surface area contributed by atoms with E-state index >= 15 is 0 Å². The lowest BCUT2D eigenvalue weighted by molar-refractivity contribution is -0.137. The molecular weight excluding hydrogens is 218 g/mol. The molecule has 0 saturated heterocycles. The van der Waals surface area contributed by atoms with Gasteiger partial charge in [-0.2, -0.15) is 0 Å². The van der Waals surface area contributed by atoms with Crippen LogP contribution in [0.5, 0.6) is 0 Å². The molecular formula is C13H17NO3. The van der Waals surface area contributed by atoms with Crippen LogP contribution in [0.1, 0.15) is 30.1 Å². The summed E-state index contributed by atoms with van der Waals surface area (Å²) >= 11 is 0. The summed E-state index contributed by atoms with van der Waals surface area (Å²) in [5.74, 6) is -1.13. The Morgan fingerprint density at radius 2 is 1.94 bits per heavy atom. The predicted molar refractivity (Wildman–Crippen MR) is 65.1 cm³/mol. The highest BCUT2D eigenvalue weighted by atomic mass is 16.4. The third-order valence-electron chi connectivity index (χ3n) is 2.39. The minimum Gasteiger partial charge on any atom is -0.481 e. The van der Waals surface area contributed by atoms with Crippen molar-refractivity contribution in [1.82, 2.24) is 5.32 Å². The van der Waals surface area contributed by atoms with E-state index in [9.17, 15) is 9.59 Å². The van der Waals surface area contributed by atoms with E-state index < -0.39 is 12.0 Å². The molecule has 17 heavy (non-hydrogen) atoms. The van der Waals surface area contributed by atoms with Gasteiger partial charge in [-0.1, -0.05) is 37.3 Å². The van der Waals surface area contributed by atoms with Gasteiger partial charge in [-0.25, -0.2) is 0 Å². The van der Waals surface area contributed by atoms with Gasteiger partial charge in [-0.15, -0.1) is 0 Å². The molecule has 0 fully saturated rings. The summed E-state index contributed by atoms with van der Waals surface area (Å²) in [7, 11) is 0. The Balaban J connectivity index is 2.75. The van der Waals surface area contributed by atoms with Crippen molar-refractivity contribution < 1.29 is 14.7 Å². The fraction of sp³-hybridized carbons (Fsp3) is 0.385. The number of ketones is 1. The van der Waals surface area contributed by atoms with Crippen LogP contribution in [0.4, 0.5) is 0 Å². The Labute approximate surface area is 101 Å². The number of Topliss-reactive ketones (excluding diaryl/α,β-unsaturated/α-hetero) is 1. The van der Waals surface area contributed by atoms with E-state index in [1.165, 1.54) is 0 Å². The number of carbonyl (C=O) groups excluding carboxylic acids is 1. The second-order valence-corrected chi connectivity index (χ2v) is 3.83. The molecule has 1 rings (SSSR count). The molecule has 4 nitrogen and oxygen atoms in total. The van der Waals surface area contributed by atoms with Gasteiger partial charge in [0.15, 0.2) is 5.78 Å². The van der Waals surface area contributed by atoms with Gasteiger partial charge in [0.25, 0.3) is 0 Å². The van der Waals surface area contributed by atoms with E-state index in [-0.39, 0.29) is 12.2 Å². The van der Waals surface area contributed by atoms with Crippen molar-refractivity contribution in [2.75, 3.05) is 6.54 Å². The number of hydrogen-bond donors (Lipinski definition) is 2. The number of carbonyl (C=O) groups is 2. The molecule has 1 aromatic rings. The normalized spacial score (nSPS) is 12.1. The Morgan fingerprint density at radius 1 is 1.29 bits per heavy atom. The molecule has 1 aromatic carbocycles. The van der Waals surface area contributed by atoms with Crippen LogP contribution < -0.4 is 5.32 Å². The molecule has 0 spiro atoms. The van der Waals surface area contributed by atoms with Crippen LogP contribution in [0.25, 0.3) is 0 Å². The van der Waals surface area contributed by atoms with Gasteiger partial charge in [-0.05, 0) is 13.0 Å². The molecule has 0 aliphatic carbocycles. The summed E-state index contributed by atoms with van der Waals surface area (Å²) < 4.78 is 0. The van der Waals surface area contributed by atoms with Crippen LogP contribution in [0.15, 0.2) is 30.3 Å². The number of benzene rings is 1. The zero-order valence-corrected chi connectivity index (χ0v) is 9.85. The molecule has 0 aromatic heterocycles. The Bertz CT molecular complexity index is 376. The predicted octanol–water partition coefficient (Wildman–Crippen LogP) is 1.71. The zero-order chi connectivity index (χ0) is 12.7. The van der Waals surface area contributed by atoms with Crippen molar-refractivity contribution in [2.45, 2.75) is 25.8 Å². The van der Waals surface area contributed by atoms with Gasteiger partial charge in [-0.3, -0.25) is 9.59 Å². The molecule has 0 aliphatic heterocycles. The summed E-state index contributed by atoms with van der Waals surface area (Å²) in [4.78, 5) is 22.8. The first-order valence-electron chi connectivity index (χ1n) is 5.69. The average Bonchev–Trinajstić information content (AvgIpc) is 2.34. The number of rotatable bonds is 7. The number of carboxylic acids is 1. The fourth-order valence-corrected chi connectivity index (χ4v) is 1.55. The molecule has 0 amide bonds. The standard InChI is InChI=1S/C13H17NO3/c1-2-8-14-11(9-12(15)16)13(17)10-6-4-3-5-7-10/h3-7,11,14H,2,8-9H2,1H3,(H,15,16). The van der Waals surface area contributed by atoms with Crippen LogP contribution in [0.2, 0.25) is 0 Å². The minimum absolute atomic E-state index is 0.165. The molecule has 0 heterocycles. The van der Waals surface area contributed by atoms with Crippen LogP contribution in [-0.4, -0.2) is 29.4 Å². The monoisotopic (exact) mass is 235 g/mol. The highest BCUT2D eigenvalue weighted by molar-refractivity contribution is 6.01. The van der Waals surface area contributed by atoms with E-state index in [4.69, 9.17) is 5.11 Å². The van der Waals surface area contributed by atoms with Crippen molar-refractivity contribution in [2.24, 2.45) is 0 Å². The lowest BCUT2D eigenvalue weighted by atomic mass is 10.0. The van der Waals surface area contributed by atoms with E-state index in [1.807, 2.05) is 13.0 Å². The summed E-state index contributed by atoms with van der Waals surface area (Å²) in [6, 6.07) is 8.11. The number of hydrogen-bond acceptors (Lipinski definition) is 3. The minimum atomic E-state index is -0.970. The summed E-state index contributed by atoms with van der Waals surface area (Å²) in [5.41, 5.74) is 0.544. The summed E-state index contributed by atoms with van der Waals surface area (Å²) in [6.45, 7) is 2.61. The Hall–Kier alpha value is -1.68. The molecule has 92 valence electrons. The summed E-state index contributed by atoms with van der Waals surface area (Å²) in [6.07, 6.45) is 0.673. The first kappa shape index (κ1) is 13.4. The van der Waals surface area contributed by atoms with Gasteiger partial charge in [0.1, 0.15) is 0 Å². The highest BCUT2D eigenvalue weighted by Gasteiger charge is 2.21. The average molecular weight is 235 g/mol. The third kappa shape index (κ3) is 4.36. The summed E-state index contributed by atoms with van der Waals surface area (Å²) in [5, 5.41) is 11.8. The van der Waals surface area contributed by atoms with Gasteiger partial charge in [0, 0.05) is 5.56 Å². The smallest absolute Gasteiger partial charge is 0.305 e. The van der Waals surface area contributed by atoms with Gasteiger partial charge in [0.05, 0.1) is 12.5 Å². The van der Waals surface area contributed by atoms with Crippen LogP contribution in [0, 0.1) is 0 Å². The maximum Gasteiger partial charge on any atom is 0.305 e. The number of aliphatic carboxylic acids is 1. The van der Waals surface area contributed by atoms with Crippen molar-refractivity contribution in [3.63, 3.8) is 0 Å². The highest BCUT2D eigenvalue weighted by Crippen LogP contribution is 2.06. The van der Waals surface area contributed by atoms with Crippen molar-refractivity contribution in [3.05, 3.63) is 35.9 Å². The quantitative estimate of drug-likeness (QED) is 0.706. The first-order valence-corrected chi connectivity index (χ1v) is 5.69. The second-order valence-electron chi connectivity index (χ2n) is 3.83. The first-order chi connectivity index (χ1) is 8.15. The molecule has 2 N–H and O–H groups in total. The number of nitrogens with one attached hydrogen (secondary N) is 1. The largest absolute Gasteiger partial charge is 0.481 e. The van der Waals surface area contributed by atoms with Gasteiger partial charge >= 0.3 is 5.97 Å². The second kappa shape index (κ2) is 6.81. The maximum absolute atomic E-state index is 12.1. The molecule has 0 bridgehead atoms. The number of carboxylic acid groups (broad SMARTS) is 1.